The lowest BCUT2D eigenvalue weighted by atomic mass is 9.67. The summed E-state index contributed by atoms with van der Waals surface area (Å²) in [7, 11) is 1.58. The van der Waals surface area contributed by atoms with Crippen LogP contribution in [-0.4, -0.2) is 18.7 Å². The van der Waals surface area contributed by atoms with Gasteiger partial charge < -0.3 is 4.74 Å². The third-order valence-electron chi connectivity index (χ3n) is 7.44. The number of benzene rings is 4. The van der Waals surface area contributed by atoms with Gasteiger partial charge in [-0.25, -0.2) is 0 Å². The highest BCUT2D eigenvalue weighted by Crippen LogP contribution is 2.58. The number of rotatable bonds is 5. The molecule has 0 N–H and O–H groups in total. The van der Waals surface area contributed by atoms with Crippen LogP contribution >= 0.6 is 31.9 Å². The van der Waals surface area contributed by atoms with Gasteiger partial charge in [-0.3, -0.25) is 9.59 Å². The van der Waals surface area contributed by atoms with Crippen LogP contribution in [0.25, 0.3) is 11.1 Å². The third kappa shape index (κ3) is 3.91. The molecule has 1 unspecified atom stereocenters. The first-order valence-electron chi connectivity index (χ1n) is 12.0. The normalized spacial score (nSPS) is 15.8. The second kappa shape index (κ2) is 9.38. The molecule has 4 aromatic rings. The Bertz CT molecular complexity index is 1620. The lowest BCUT2D eigenvalue weighted by molar-refractivity contribution is 0.100. The standard InChI is InChI=1S/C32H26Br2O3/c1-17-6-7-21(13-25(17)19(3)35)32(22-8-11-31(37-5)26(14-22)20(4)36)28-15-23(33)9-10-24(28)27-12-18(2)30(34)16-29(27)32/h6-16H,1-5H3. The van der Waals surface area contributed by atoms with Crippen LogP contribution in [0, 0.1) is 13.8 Å². The molecule has 1 aliphatic rings. The largest absolute Gasteiger partial charge is 0.496 e. The number of carbonyl (C=O) groups excluding carboxylic acids is 2. The van der Waals surface area contributed by atoms with Crippen molar-refractivity contribution < 1.29 is 14.3 Å². The maximum Gasteiger partial charge on any atom is 0.163 e. The van der Waals surface area contributed by atoms with E-state index in [-0.39, 0.29) is 11.6 Å². The fourth-order valence-corrected chi connectivity index (χ4v) is 6.37. The zero-order valence-corrected chi connectivity index (χ0v) is 24.5. The van der Waals surface area contributed by atoms with E-state index in [1.807, 2.05) is 37.3 Å². The molecule has 37 heavy (non-hydrogen) atoms. The van der Waals surface area contributed by atoms with Gasteiger partial charge in [0.15, 0.2) is 11.6 Å². The zero-order valence-electron chi connectivity index (χ0n) is 21.3. The summed E-state index contributed by atoms with van der Waals surface area (Å²) < 4.78 is 7.50. The number of Topliss-reactive ketones (excluding diaryl/α,β-unsaturated/α-hetero) is 2. The average Bonchev–Trinajstić information content (AvgIpc) is 3.13. The van der Waals surface area contributed by atoms with E-state index in [2.05, 4.69) is 75.2 Å². The van der Waals surface area contributed by atoms with E-state index >= 15 is 0 Å². The van der Waals surface area contributed by atoms with Gasteiger partial charge >= 0.3 is 0 Å². The van der Waals surface area contributed by atoms with E-state index in [9.17, 15) is 9.59 Å². The van der Waals surface area contributed by atoms with E-state index in [0.717, 1.165) is 53.5 Å². The van der Waals surface area contributed by atoms with Gasteiger partial charge in [-0.1, -0.05) is 56.1 Å². The van der Waals surface area contributed by atoms with Crippen molar-refractivity contribution in [1.82, 2.24) is 0 Å². The van der Waals surface area contributed by atoms with E-state index in [0.29, 0.717) is 16.9 Å². The van der Waals surface area contributed by atoms with Gasteiger partial charge in [-0.15, -0.1) is 0 Å². The molecule has 5 heteroatoms. The molecule has 0 aromatic heterocycles. The van der Waals surface area contributed by atoms with Gasteiger partial charge in [0.25, 0.3) is 0 Å². The molecule has 0 radical (unpaired) electrons. The van der Waals surface area contributed by atoms with Crippen molar-refractivity contribution in [3.05, 3.63) is 120 Å². The first-order chi connectivity index (χ1) is 17.6. The minimum absolute atomic E-state index is 0.0198. The van der Waals surface area contributed by atoms with Crippen LogP contribution in [0.1, 0.15) is 67.9 Å². The molecule has 0 amide bonds. The quantitative estimate of drug-likeness (QED) is 0.185. The predicted octanol–water partition coefficient (Wildman–Crippen LogP) is 8.61. The number of hydrogen-bond acceptors (Lipinski definition) is 3. The minimum Gasteiger partial charge on any atom is -0.496 e. The van der Waals surface area contributed by atoms with Gasteiger partial charge in [0.2, 0.25) is 0 Å². The van der Waals surface area contributed by atoms with Gasteiger partial charge in [0.1, 0.15) is 5.75 Å². The molecule has 0 aliphatic heterocycles. The monoisotopic (exact) mass is 616 g/mol. The van der Waals surface area contributed by atoms with Crippen molar-refractivity contribution in [3.63, 3.8) is 0 Å². The molecule has 186 valence electrons. The molecule has 3 nitrogen and oxygen atoms in total. The topological polar surface area (TPSA) is 43.4 Å². The average molecular weight is 618 g/mol. The molecular weight excluding hydrogens is 592 g/mol. The summed E-state index contributed by atoms with van der Waals surface area (Å²) in [5.74, 6) is 0.490. The van der Waals surface area contributed by atoms with Gasteiger partial charge in [0, 0.05) is 14.5 Å². The summed E-state index contributed by atoms with van der Waals surface area (Å²) >= 11 is 7.48. The Labute approximate surface area is 234 Å². The third-order valence-corrected chi connectivity index (χ3v) is 8.79. The molecule has 0 fully saturated rings. The Hall–Kier alpha value is -3.02. The number of ketones is 2. The molecule has 5 rings (SSSR count). The van der Waals surface area contributed by atoms with Crippen LogP contribution in [0.4, 0.5) is 0 Å². The highest BCUT2D eigenvalue weighted by molar-refractivity contribution is 9.10. The second-order valence-electron chi connectivity index (χ2n) is 9.64. The van der Waals surface area contributed by atoms with E-state index < -0.39 is 5.41 Å². The van der Waals surface area contributed by atoms with Gasteiger partial charge in [-0.2, -0.15) is 0 Å². The Morgan fingerprint density at radius 3 is 1.97 bits per heavy atom. The number of fused-ring (bicyclic) bond motifs is 3. The zero-order chi connectivity index (χ0) is 26.6. The van der Waals surface area contributed by atoms with Crippen LogP contribution < -0.4 is 4.74 Å². The number of ether oxygens (including phenoxy) is 1. The lowest BCUT2D eigenvalue weighted by Crippen LogP contribution is -2.29. The highest BCUT2D eigenvalue weighted by atomic mass is 79.9. The summed E-state index contributed by atoms with van der Waals surface area (Å²) in [6, 6.07) is 22.7. The summed E-state index contributed by atoms with van der Waals surface area (Å²) in [5.41, 5.74) is 8.86. The first-order valence-corrected chi connectivity index (χ1v) is 13.6. The molecule has 0 saturated heterocycles. The van der Waals surface area contributed by atoms with E-state index in [1.54, 1.807) is 21.0 Å². The fourth-order valence-electron chi connectivity index (χ4n) is 5.66. The molecule has 1 aliphatic carbocycles. The number of carbonyl (C=O) groups is 2. The van der Waals surface area contributed by atoms with Gasteiger partial charge in [-0.05, 0) is 115 Å². The summed E-state index contributed by atoms with van der Waals surface area (Å²) in [6.07, 6.45) is 0. The van der Waals surface area contributed by atoms with Crippen LogP contribution in [0.15, 0.2) is 75.7 Å². The first kappa shape index (κ1) is 25.6. The Balaban J connectivity index is 2.01. The van der Waals surface area contributed by atoms with Crippen LogP contribution in [-0.2, 0) is 5.41 Å². The molecule has 4 aromatic carbocycles. The summed E-state index contributed by atoms with van der Waals surface area (Å²) in [4.78, 5) is 25.4. The van der Waals surface area contributed by atoms with Crippen molar-refractivity contribution in [1.29, 1.82) is 0 Å². The van der Waals surface area contributed by atoms with E-state index in [1.165, 1.54) is 0 Å². The van der Waals surface area contributed by atoms with Crippen molar-refractivity contribution in [3.8, 4) is 16.9 Å². The maximum atomic E-state index is 12.7. The van der Waals surface area contributed by atoms with Crippen molar-refractivity contribution in [2.75, 3.05) is 7.11 Å². The lowest BCUT2D eigenvalue weighted by Gasteiger charge is -2.35. The van der Waals surface area contributed by atoms with Crippen LogP contribution in [0.3, 0.4) is 0 Å². The number of methoxy groups -OCH3 is 1. The smallest absolute Gasteiger partial charge is 0.163 e. The van der Waals surface area contributed by atoms with Crippen LogP contribution in [0.2, 0.25) is 0 Å². The Morgan fingerprint density at radius 1 is 0.703 bits per heavy atom. The van der Waals surface area contributed by atoms with Crippen molar-refractivity contribution in [2.45, 2.75) is 33.1 Å². The number of hydrogen-bond donors (Lipinski definition) is 0. The number of halogens is 2. The maximum absolute atomic E-state index is 12.7. The SMILES string of the molecule is COc1ccc(C2(c3ccc(C)c(C(C)=O)c3)c3cc(Br)ccc3-c3cc(C)c(Br)cc32)cc1C(C)=O. The Morgan fingerprint density at radius 2 is 1.32 bits per heavy atom. The molecule has 1 atom stereocenters. The fraction of sp³-hybridized carbons (Fsp3) is 0.188. The molecule has 0 bridgehead atoms. The van der Waals surface area contributed by atoms with Crippen molar-refractivity contribution in [2.24, 2.45) is 0 Å². The number of aryl methyl sites for hydroxylation is 2. The van der Waals surface area contributed by atoms with Crippen molar-refractivity contribution >= 4 is 43.4 Å². The molecular formula is C32H26Br2O3. The molecule has 0 spiro atoms. The highest BCUT2D eigenvalue weighted by Gasteiger charge is 2.47. The predicted molar refractivity (Wildman–Crippen MR) is 155 cm³/mol. The molecule has 0 saturated carbocycles. The summed E-state index contributed by atoms with van der Waals surface area (Å²) in [5, 5.41) is 0. The van der Waals surface area contributed by atoms with Crippen LogP contribution in [0.5, 0.6) is 5.75 Å². The minimum atomic E-state index is -0.765. The molecule has 0 heterocycles. The second-order valence-corrected chi connectivity index (χ2v) is 11.4. The summed E-state index contributed by atoms with van der Waals surface area (Å²) in [6.45, 7) is 7.21. The Kier molecular flexibility index (Phi) is 6.49. The van der Waals surface area contributed by atoms with E-state index in [4.69, 9.17) is 4.74 Å². The van der Waals surface area contributed by atoms with Gasteiger partial charge in [0.05, 0.1) is 18.1 Å².